The van der Waals surface area contributed by atoms with E-state index in [0.29, 0.717) is 10.6 Å². The minimum atomic E-state index is -0.509. The smallest absolute Gasteiger partial charge is 0.339 e. The van der Waals surface area contributed by atoms with Crippen molar-refractivity contribution in [3.8, 4) is 11.8 Å². The van der Waals surface area contributed by atoms with E-state index in [1.54, 1.807) is 18.2 Å². The molecule has 4 nitrogen and oxygen atoms in total. The number of hydrogen-bond acceptors (Lipinski definition) is 3. The quantitative estimate of drug-likeness (QED) is 0.653. The number of methoxy groups -OCH3 is 1. The number of ether oxygens (including phenoxy) is 1. The summed E-state index contributed by atoms with van der Waals surface area (Å²) in [6.07, 6.45) is 0. The highest BCUT2D eigenvalue weighted by molar-refractivity contribution is 6.33. The summed E-state index contributed by atoms with van der Waals surface area (Å²) in [5.74, 6) is 4.92. The Labute approximate surface area is 110 Å². The summed E-state index contributed by atoms with van der Waals surface area (Å²) in [7, 11) is 1.29. The molecule has 0 radical (unpaired) electrons. The number of esters is 1. The molecule has 0 aromatic heterocycles. The van der Waals surface area contributed by atoms with Crippen molar-refractivity contribution in [3.05, 3.63) is 34.3 Å². The number of hydrogen-bond donors (Lipinski definition) is 1. The molecule has 94 valence electrons. The fraction of sp³-hybridized carbons (Fsp3) is 0.231. The van der Waals surface area contributed by atoms with Crippen molar-refractivity contribution in [2.24, 2.45) is 0 Å². The predicted molar refractivity (Wildman–Crippen MR) is 68.4 cm³/mol. The lowest BCUT2D eigenvalue weighted by Crippen LogP contribution is -2.19. The van der Waals surface area contributed by atoms with Gasteiger partial charge in [0.25, 0.3) is 0 Å². The molecule has 0 heterocycles. The second-order valence-corrected chi connectivity index (χ2v) is 3.80. The minimum absolute atomic E-state index is 0.143. The van der Waals surface area contributed by atoms with Crippen LogP contribution in [0, 0.1) is 11.8 Å². The largest absolute Gasteiger partial charge is 0.465 e. The number of halogens is 1. The highest BCUT2D eigenvalue weighted by Gasteiger charge is 2.10. The zero-order valence-corrected chi connectivity index (χ0v) is 10.8. The molecule has 0 aliphatic rings. The van der Waals surface area contributed by atoms with E-state index in [1.807, 2.05) is 0 Å². The number of amides is 1. The van der Waals surface area contributed by atoms with Gasteiger partial charge in [0.05, 0.1) is 24.2 Å². The van der Waals surface area contributed by atoms with E-state index in [0.717, 1.165) is 0 Å². The van der Waals surface area contributed by atoms with Crippen molar-refractivity contribution >= 4 is 23.5 Å². The van der Waals surface area contributed by atoms with Gasteiger partial charge in [0.2, 0.25) is 5.91 Å². The Hall–Kier alpha value is -1.99. The van der Waals surface area contributed by atoms with Crippen molar-refractivity contribution in [1.82, 2.24) is 5.32 Å². The van der Waals surface area contributed by atoms with Crippen LogP contribution >= 0.6 is 11.6 Å². The van der Waals surface area contributed by atoms with Crippen molar-refractivity contribution in [3.63, 3.8) is 0 Å². The monoisotopic (exact) mass is 265 g/mol. The zero-order chi connectivity index (χ0) is 13.5. The first kappa shape index (κ1) is 14.1. The Morgan fingerprint density at radius 3 is 2.78 bits per heavy atom. The molecule has 1 amide bonds. The van der Waals surface area contributed by atoms with Crippen LogP contribution in [0.25, 0.3) is 0 Å². The van der Waals surface area contributed by atoms with Crippen molar-refractivity contribution < 1.29 is 14.3 Å². The summed E-state index contributed by atoms with van der Waals surface area (Å²) < 4.78 is 4.60. The van der Waals surface area contributed by atoms with Gasteiger partial charge in [0, 0.05) is 12.5 Å². The Morgan fingerprint density at radius 2 is 2.17 bits per heavy atom. The van der Waals surface area contributed by atoms with Crippen LogP contribution in [-0.2, 0) is 9.53 Å². The summed E-state index contributed by atoms with van der Waals surface area (Å²) in [5.41, 5.74) is 0.899. The molecule has 5 heteroatoms. The van der Waals surface area contributed by atoms with E-state index in [9.17, 15) is 9.59 Å². The third-order valence-electron chi connectivity index (χ3n) is 2.03. The fourth-order valence-electron chi connectivity index (χ4n) is 1.18. The van der Waals surface area contributed by atoms with Crippen molar-refractivity contribution in [2.75, 3.05) is 13.7 Å². The average Bonchev–Trinajstić information content (AvgIpc) is 2.35. The van der Waals surface area contributed by atoms with Gasteiger partial charge in [-0.1, -0.05) is 23.4 Å². The number of carbonyl (C=O) groups excluding carboxylic acids is 2. The van der Waals surface area contributed by atoms with E-state index < -0.39 is 5.97 Å². The molecule has 1 aromatic carbocycles. The molecule has 0 saturated carbocycles. The summed E-state index contributed by atoms with van der Waals surface area (Å²) in [4.78, 5) is 22.0. The molecule has 18 heavy (non-hydrogen) atoms. The lowest BCUT2D eigenvalue weighted by molar-refractivity contribution is -0.118. The lowest BCUT2D eigenvalue weighted by atomic mass is 10.1. The first-order valence-electron chi connectivity index (χ1n) is 5.15. The van der Waals surface area contributed by atoms with Gasteiger partial charge < -0.3 is 10.1 Å². The molecule has 0 saturated heterocycles. The summed E-state index contributed by atoms with van der Waals surface area (Å²) >= 11 is 5.87. The summed E-state index contributed by atoms with van der Waals surface area (Å²) in [5, 5.41) is 2.86. The van der Waals surface area contributed by atoms with Crippen LogP contribution in [0.5, 0.6) is 0 Å². The molecule has 0 fully saturated rings. The van der Waals surface area contributed by atoms with E-state index >= 15 is 0 Å². The molecule has 0 aliphatic heterocycles. The Bertz CT molecular complexity index is 529. The molecule has 0 atom stereocenters. The molecule has 1 rings (SSSR count). The normalized spacial score (nSPS) is 9.06. The summed E-state index contributed by atoms with van der Waals surface area (Å²) in [6.45, 7) is 1.67. The molecule has 1 N–H and O–H groups in total. The van der Waals surface area contributed by atoms with Crippen LogP contribution in [0.1, 0.15) is 22.8 Å². The Morgan fingerprint density at radius 1 is 1.44 bits per heavy atom. The van der Waals surface area contributed by atoms with Crippen LogP contribution < -0.4 is 5.32 Å². The van der Waals surface area contributed by atoms with Gasteiger partial charge >= 0.3 is 5.97 Å². The van der Waals surface area contributed by atoms with Gasteiger partial charge in [-0.15, -0.1) is 0 Å². The standard InChI is InChI=1S/C13H12ClNO3/c1-9(16)15-7-3-4-10-5-6-12(14)11(8-10)13(17)18-2/h5-6,8H,7H2,1-2H3,(H,15,16). The first-order valence-corrected chi connectivity index (χ1v) is 5.53. The second kappa shape index (κ2) is 6.67. The second-order valence-electron chi connectivity index (χ2n) is 3.40. The minimum Gasteiger partial charge on any atom is -0.465 e. The van der Waals surface area contributed by atoms with Crippen molar-refractivity contribution in [1.29, 1.82) is 0 Å². The van der Waals surface area contributed by atoms with Crippen LogP contribution in [-0.4, -0.2) is 25.5 Å². The topological polar surface area (TPSA) is 55.4 Å². The maximum absolute atomic E-state index is 11.4. The average molecular weight is 266 g/mol. The third kappa shape index (κ3) is 4.11. The SMILES string of the molecule is COC(=O)c1cc(C#CCNC(C)=O)ccc1Cl. The van der Waals surface area contributed by atoms with Gasteiger partial charge in [-0.05, 0) is 18.2 Å². The number of nitrogens with one attached hydrogen (secondary N) is 1. The maximum atomic E-state index is 11.4. The number of benzene rings is 1. The number of rotatable bonds is 2. The van der Waals surface area contributed by atoms with Crippen LogP contribution in [0.2, 0.25) is 5.02 Å². The van der Waals surface area contributed by atoms with E-state index in [1.165, 1.54) is 14.0 Å². The molecule has 0 aliphatic carbocycles. The van der Waals surface area contributed by atoms with Gasteiger partial charge in [0.1, 0.15) is 0 Å². The van der Waals surface area contributed by atoms with Gasteiger partial charge in [0.15, 0.2) is 0 Å². The molecule has 0 unspecified atom stereocenters. The number of carbonyl (C=O) groups is 2. The first-order chi connectivity index (χ1) is 8.54. The van der Waals surface area contributed by atoms with Gasteiger partial charge in [-0.25, -0.2) is 4.79 Å². The highest BCUT2D eigenvalue weighted by Crippen LogP contribution is 2.18. The lowest BCUT2D eigenvalue weighted by Gasteiger charge is -2.02. The summed E-state index contributed by atoms with van der Waals surface area (Å²) in [6, 6.07) is 4.82. The predicted octanol–water partition coefficient (Wildman–Crippen LogP) is 1.61. The van der Waals surface area contributed by atoms with E-state index in [2.05, 4.69) is 21.9 Å². The fourth-order valence-corrected chi connectivity index (χ4v) is 1.38. The third-order valence-corrected chi connectivity index (χ3v) is 2.36. The van der Waals surface area contributed by atoms with Crippen LogP contribution in [0.15, 0.2) is 18.2 Å². The molecule has 0 spiro atoms. The van der Waals surface area contributed by atoms with Crippen molar-refractivity contribution in [2.45, 2.75) is 6.92 Å². The van der Waals surface area contributed by atoms with Gasteiger partial charge in [-0.2, -0.15) is 0 Å². The van der Waals surface area contributed by atoms with E-state index in [4.69, 9.17) is 11.6 Å². The van der Waals surface area contributed by atoms with Crippen LogP contribution in [0.4, 0.5) is 0 Å². The molecular weight excluding hydrogens is 254 g/mol. The molecule has 0 bridgehead atoms. The maximum Gasteiger partial charge on any atom is 0.339 e. The van der Waals surface area contributed by atoms with Crippen LogP contribution in [0.3, 0.4) is 0 Å². The zero-order valence-electron chi connectivity index (χ0n) is 10.0. The van der Waals surface area contributed by atoms with E-state index in [-0.39, 0.29) is 18.0 Å². The Balaban J connectivity index is 2.85. The molecule has 1 aromatic rings. The van der Waals surface area contributed by atoms with Gasteiger partial charge in [-0.3, -0.25) is 4.79 Å². The molecular formula is C13H12ClNO3. The highest BCUT2D eigenvalue weighted by atomic mass is 35.5. The Kier molecular flexibility index (Phi) is 5.22.